The Hall–Kier alpha value is -2.05. The zero-order valence-electron chi connectivity index (χ0n) is 9.52. The number of aromatic nitrogens is 2. The van der Waals surface area contributed by atoms with Crippen LogP contribution in [0.15, 0.2) is 11.3 Å². The maximum Gasteiger partial charge on any atom is 0.276 e. The Kier molecular flexibility index (Phi) is 3.87. The Balaban J connectivity index is 2.66. The van der Waals surface area contributed by atoms with Crippen LogP contribution in [-0.4, -0.2) is 28.2 Å². The average Bonchev–Trinajstić information content (AvgIpc) is 2.57. The van der Waals surface area contributed by atoms with Gasteiger partial charge in [0.05, 0.1) is 12.8 Å². The topological polar surface area (TPSA) is 94.5 Å². The van der Waals surface area contributed by atoms with Gasteiger partial charge in [-0.25, -0.2) is 5.43 Å². The number of nitrogens with zero attached hydrogens (tertiary/aromatic N) is 3. The molecule has 3 N–H and O–H groups in total. The van der Waals surface area contributed by atoms with Gasteiger partial charge in [0.15, 0.2) is 0 Å². The second-order valence-corrected chi connectivity index (χ2v) is 3.07. The number of anilines is 1. The average molecular weight is 225 g/mol. The van der Waals surface area contributed by atoms with Gasteiger partial charge in [-0.15, -0.1) is 5.10 Å². The van der Waals surface area contributed by atoms with Crippen molar-refractivity contribution in [2.24, 2.45) is 12.1 Å². The summed E-state index contributed by atoms with van der Waals surface area (Å²) in [6.07, 6.45) is 1.39. The standard InChI is InChI=1S/C9H15N5O2/c1-4-16-6(2)12-13-9(15)7-5-11-14(3)8(7)10/h5H,4,10H2,1-3H3,(H,13,15)/b12-6+. The highest BCUT2D eigenvalue weighted by Crippen LogP contribution is 2.08. The van der Waals surface area contributed by atoms with Crippen LogP contribution in [0.3, 0.4) is 0 Å². The maximum atomic E-state index is 11.6. The summed E-state index contributed by atoms with van der Waals surface area (Å²) in [5.74, 6) is 0.268. The van der Waals surface area contributed by atoms with E-state index >= 15 is 0 Å². The lowest BCUT2D eigenvalue weighted by molar-refractivity contribution is 0.0954. The van der Waals surface area contributed by atoms with Crippen molar-refractivity contribution < 1.29 is 9.53 Å². The van der Waals surface area contributed by atoms with E-state index in [-0.39, 0.29) is 5.56 Å². The van der Waals surface area contributed by atoms with E-state index in [4.69, 9.17) is 10.5 Å². The fraction of sp³-hybridized carbons (Fsp3) is 0.444. The lowest BCUT2D eigenvalue weighted by atomic mass is 10.3. The summed E-state index contributed by atoms with van der Waals surface area (Å²) in [5, 5.41) is 7.59. The SMILES string of the molecule is CCO/C(C)=N/NC(=O)c1cnn(C)c1N. The number of amides is 1. The molecule has 7 heteroatoms. The minimum atomic E-state index is -0.412. The molecule has 0 spiro atoms. The molecule has 0 saturated carbocycles. The Morgan fingerprint density at radius 1 is 1.75 bits per heavy atom. The number of carbonyl (C=O) groups is 1. The lowest BCUT2D eigenvalue weighted by Gasteiger charge is -2.02. The number of ether oxygens (including phenoxy) is 1. The summed E-state index contributed by atoms with van der Waals surface area (Å²) in [7, 11) is 1.65. The molecule has 0 aliphatic rings. The number of hydrazone groups is 1. The molecule has 1 aromatic heterocycles. The van der Waals surface area contributed by atoms with Gasteiger partial charge in [-0.05, 0) is 6.92 Å². The van der Waals surface area contributed by atoms with Crippen LogP contribution in [0, 0.1) is 0 Å². The van der Waals surface area contributed by atoms with Crippen LogP contribution >= 0.6 is 0 Å². The smallest absolute Gasteiger partial charge is 0.276 e. The van der Waals surface area contributed by atoms with Crippen molar-refractivity contribution in [1.82, 2.24) is 15.2 Å². The Morgan fingerprint density at radius 3 is 2.94 bits per heavy atom. The fourth-order valence-electron chi connectivity index (χ4n) is 1.05. The van der Waals surface area contributed by atoms with Crippen LogP contribution in [0.25, 0.3) is 0 Å². The van der Waals surface area contributed by atoms with Crippen LogP contribution in [0.4, 0.5) is 5.82 Å². The monoisotopic (exact) mass is 225 g/mol. The molecule has 0 unspecified atom stereocenters. The normalized spacial score (nSPS) is 11.3. The van der Waals surface area contributed by atoms with E-state index in [1.165, 1.54) is 10.9 Å². The highest BCUT2D eigenvalue weighted by molar-refractivity contribution is 5.98. The number of aryl methyl sites for hydroxylation is 1. The van der Waals surface area contributed by atoms with Gasteiger partial charge in [-0.1, -0.05) is 0 Å². The molecule has 88 valence electrons. The molecule has 0 fully saturated rings. The molecule has 1 aromatic rings. The third kappa shape index (κ3) is 2.72. The van der Waals surface area contributed by atoms with Crippen LogP contribution in [-0.2, 0) is 11.8 Å². The largest absolute Gasteiger partial charge is 0.480 e. The van der Waals surface area contributed by atoms with Gasteiger partial charge >= 0.3 is 0 Å². The predicted octanol–water partition coefficient (Wildman–Crippen LogP) is 0.102. The van der Waals surface area contributed by atoms with Gasteiger partial charge in [0.1, 0.15) is 11.4 Å². The second kappa shape index (κ2) is 5.15. The minimum absolute atomic E-state index is 0.288. The number of nitrogens with two attached hydrogens (primary N) is 1. The van der Waals surface area contributed by atoms with E-state index in [1.807, 2.05) is 6.92 Å². The number of rotatable bonds is 3. The molecule has 0 radical (unpaired) electrons. The molecule has 1 rings (SSSR count). The summed E-state index contributed by atoms with van der Waals surface area (Å²) in [4.78, 5) is 11.6. The number of carbonyl (C=O) groups excluding carboxylic acids is 1. The first-order valence-electron chi connectivity index (χ1n) is 4.81. The highest BCUT2D eigenvalue weighted by Gasteiger charge is 2.12. The van der Waals surface area contributed by atoms with Crippen LogP contribution < -0.4 is 11.2 Å². The fourth-order valence-corrected chi connectivity index (χ4v) is 1.05. The van der Waals surface area contributed by atoms with E-state index < -0.39 is 5.91 Å². The Labute approximate surface area is 93.3 Å². The minimum Gasteiger partial charge on any atom is -0.480 e. The molecule has 0 aromatic carbocycles. The molecular formula is C9H15N5O2. The van der Waals surface area contributed by atoms with E-state index in [0.717, 1.165) is 0 Å². The van der Waals surface area contributed by atoms with Crippen molar-refractivity contribution in [2.75, 3.05) is 12.3 Å². The first kappa shape index (κ1) is 12.0. The quantitative estimate of drug-likeness (QED) is 0.433. The van der Waals surface area contributed by atoms with Gasteiger partial charge in [-0.2, -0.15) is 5.10 Å². The first-order chi connectivity index (χ1) is 7.56. The summed E-state index contributed by atoms with van der Waals surface area (Å²) in [6.45, 7) is 3.98. The molecule has 1 heterocycles. The number of nitrogens with one attached hydrogen (secondary N) is 1. The first-order valence-corrected chi connectivity index (χ1v) is 4.81. The molecule has 16 heavy (non-hydrogen) atoms. The van der Waals surface area contributed by atoms with Crippen molar-refractivity contribution in [3.63, 3.8) is 0 Å². The van der Waals surface area contributed by atoms with Gasteiger partial charge < -0.3 is 10.5 Å². The zero-order valence-corrected chi connectivity index (χ0v) is 9.52. The van der Waals surface area contributed by atoms with Crippen molar-refractivity contribution in [2.45, 2.75) is 13.8 Å². The van der Waals surface area contributed by atoms with E-state index in [1.54, 1.807) is 14.0 Å². The third-order valence-electron chi connectivity index (χ3n) is 1.90. The van der Waals surface area contributed by atoms with Gasteiger partial charge in [0.25, 0.3) is 5.91 Å². The van der Waals surface area contributed by atoms with Crippen molar-refractivity contribution in [3.8, 4) is 0 Å². The second-order valence-electron chi connectivity index (χ2n) is 3.07. The summed E-state index contributed by atoms with van der Waals surface area (Å²) >= 11 is 0. The zero-order chi connectivity index (χ0) is 12.1. The van der Waals surface area contributed by atoms with Crippen LogP contribution in [0.1, 0.15) is 24.2 Å². The summed E-state index contributed by atoms with van der Waals surface area (Å²) < 4.78 is 6.46. The van der Waals surface area contributed by atoms with Gasteiger partial charge in [-0.3, -0.25) is 9.48 Å². The van der Waals surface area contributed by atoms with Crippen LogP contribution in [0.5, 0.6) is 0 Å². The third-order valence-corrected chi connectivity index (χ3v) is 1.90. The number of hydrogen-bond donors (Lipinski definition) is 2. The molecule has 7 nitrogen and oxygen atoms in total. The van der Waals surface area contributed by atoms with Gasteiger partial charge in [0, 0.05) is 14.0 Å². The molecule has 1 amide bonds. The number of hydrogen-bond acceptors (Lipinski definition) is 5. The molecular weight excluding hydrogens is 210 g/mol. The lowest BCUT2D eigenvalue weighted by Crippen LogP contribution is -2.20. The van der Waals surface area contributed by atoms with E-state index in [9.17, 15) is 4.79 Å². The maximum absolute atomic E-state index is 11.6. The Morgan fingerprint density at radius 2 is 2.44 bits per heavy atom. The van der Waals surface area contributed by atoms with Crippen LogP contribution in [0.2, 0.25) is 0 Å². The molecule has 0 aliphatic heterocycles. The van der Waals surface area contributed by atoms with E-state index in [2.05, 4.69) is 15.6 Å². The van der Waals surface area contributed by atoms with E-state index in [0.29, 0.717) is 18.3 Å². The van der Waals surface area contributed by atoms with Gasteiger partial charge in [0.2, 0.25) is 5.90 Å². The highest BCUT2D eigenvalue weighted by atomic mass is 16.5. The summed E-state index contributed by atoms with van der Waals surface area (Å²) in [6, 6.07) is 0. The van der Waals surface area contributed by atoms with Crippen molar-refractivity contribution in [1.29, 1.82) is 0 Å². The molecule has 0 saturated heterocycles. The summed E-state index contributed by atoms with van der Waals surface area (Å²) in [5.41, 5.74) is 8.24. The molecule has 0 aliphatic carbocycles. The predicted molar refractivity (Wildman–Crippen MR) is 59.8 cm³/mol. The Bertz CT molecular complexity index is 410. The molecule has 0 bridgehead atoms. The molecule has 0 atom stereocenters. The number of nitrogen functional groups attached to an aromatic ring is 1. The van der Waals surface area contributed by atoms with Crippen molar-refractivity contribution >= 4 is 17.6 Å². The van der Waals surface area contributed by atoms with Crippen molar-refractivity contribution in [3.05, 3.63) is 11.8 Å².